The van der Waals surface area contributed by atoms with E-state index in [0.29, 0.717) is 5.56 Å². The zero-order valence-electron chi connectivity index (χ0n) is 8.11. The molecule has 15 heavy (non-hydrogen) atoms. The molecule has 1 unspecified atom stereocenters. The van der Waals surface area contributed by atoms with Crippen LogP contribution in [0.5, 0.6) is 5.75 Å². The lowest BCUT2D eigenvalue weighted by molar-refractivity contribution is -0.150. The van der Waals surface area contributed by atoms with Gasteiger partial charge in [-0.25, -0.2) is 4.79 Å². The van der Waals surface area contributed by atoms with Crippen molar-refractivity contribution in [1.82, 2.24) is 0 Å². The highest BCUT2D eigenvalue weighted by Gasteiger charge is 2.18. The van der Waals surface area contributed by atoms with Gasteiger partial charge in [0.05, 0.1) is 12.1 Å². The summed E-state index contributed by atoms with van der Waals surface area (Å²) in [7, 11) is 1.19. The van der Waals surface area contributed by atoms with Crippen LogP contribution in [0.25, 0.3) is 0 Å². The molecule has 0 aliphatic heterocycles. The fourth-order valence-corrected chi connectivity index (χ4v) is 1.35. The molecule has 0 heterocycles. The number of halogens is 1. The van der Waals surface area contributed by atoms with Crippen LogP contribution in [0.2, 0.25) is 5.02 Å². The SMILES string of the molecule is COC(=O)C(O)Cc1cccc(O)c1Cl. The highest BCUT2D eigenvalue weighted by Crippen LogP contribution is 2.27. The second-order valence-electron chi connectivity index (χ2n) is 2.99. The quantitative estimate of drug-likeness (QED) is 0.764. The van der Waals surface area contributed by atoms with E-state index in [1.807, 2.05) is 0 Å². The first-order chi connectivity index (χ1) is 7.06. The van der Waals surface area contributed by atoms with Crippen molar-refractivity contribution in [2.24, 2.45) is 0 Å². The van der Waals surface area contributed by atoms with Crippen LogP contribution in [0.3, 0.4) is 0 Å². The van der Waals surface area contributed by atoms with Gasteiger partial charge < -0.3 is 14.9 Å². The van der Waals surface area contributed by atoms with Crippen molar-refractivity contribution >= 4 is 17.6 Å². The highest BCUT2D eigenvalue weighted by molar-refractivity contribution is 6.32. The Morgan fingerprint density at radius 1 is 1.60 bits per heavy atom. The van der Waals surface area contributed by atoms with Gasteiger partial charge in [0.15, 0.2) is 6.10 Å². The Morgan fingerprint density at radius 3 is 2.87 bits per heavy atom. The van der Waals surface area contributed by atoms with Gasteiger partial charge in [0, 0.05) is 6.42 Å². The molecule has 1 rings (SSSR count). The minimum atomic E-state index is -1.27. The number of esters is 1. The van der Waals surface area contributed by atoms with Crippen molar-refractivity contribution in [2.75, 3.05) is 7.11 Å². The fourth-order valence-electron chi connectivity index (χ4n) is 1.15. The number of benzene rings is 1. The molecule has 1 aromatic carbocycles. The number of methoxy groups -OCH3 is 1. The van der Waals surface area contributed by atoms with E-state index in [2.05, 4.69) is 4.74 Å². The Balaban J connectivity index is 2.81. The Kier molecular flexibility index (Phi) is 3.94. The first-order valence-electron chi connectivity index (χ1n) is 4.28. The summed E-state index contributed by atoms with van der Waals surface area (Å²) < 4.78 is 4.36. The summed E-state index contributed by atoms with van der Waals surface area (Å²) in [5.74, 6) is -0.805. The molecule has 4 nitrogen and oxygen atoms in total. The maximum atomic E-state index is 10.9. The zero-order valence-corrected chi connectivity index (χ0v) is 8.86. The van der Waals surface area contributed by atoms with Gasteiger partial charge in [-0.3, -0.25) is 0 Å². The molecule has 0 spiro atoms. The van der Waals surface area contributed by atoms with E-state index >= 15 is 0 Å². The van der Waals surface area contributed by atoms with Gasteiger partial charge >= 0.3 is 5.97 Å². The van der Waals surface area contributed by atoms with E-state index in [4.69, 9.17) is 11.6 Å². The second-order valence-corrected chi connectivity index (χ2v) is 3.37. The van der Waals surface area contributed by atoms with Crippen LogP contribution < -0.4 is 0 Å². The van der Waals surface area contributed by atoms with Gasteiger partial charge in [0.1, 0.15) is 5.75 Å². The minimum Gasteiger partial charge on any atom is -0.506 e. The summed E-state index contributed by atoms with van der Waals surface area (Å²) in [5.41, 5.74) is 0.495. The van der Waals surface area contributed by atoms with Gasteiger partial charge in [-0.2, -0.15) is 0 Å². The maximum Gasteiger partial charge on any atom is 0.335 e. The lowest BCUT2D eigenvalue weighted by Crippen LogP contribution is -2.24. The molecular formula is C10H11ClO4. The van der Waals surface area contributed by atoms with Crippen molar-refractivity contribution in [2.45, 2.75) is 12.5 Å². The largest absolute Gasteiger partial charge is 0.506 e. The number of phenolic OH excluding ortho intramolecular Hbond substituents is 1. The third-order valence-electron chi connectivity index (χ3n) is 1.94. The summed E-state index contributed by atoms with van der Waals surface area (Å²) in [5, 5.41) is 18.8. The standard InChI is InChI=1S/C10H11ClO4/c1-15-10(14)8(13)5-6-3-2-4-7(12)9(6)11/h2-4,8,12-13H,5H2,1H3. The molecule has 0 aromatic heterocycles. The van der Waals surface area contributed by atoms with Gasteiger partial charge in [-0.1, -0.05) is 23.7 Å². The van der Waals surface area contributed by atoms with Crippen LogP contribution in [0.15, 0.2) is 18.2 Å². The summed E-state index contributed by atoms with van der Waals surface area (Å²) in [4.78, 5) is 10.9. The number of aliphatic hydroxyl groups excluding tert-OH is 1. The van der Waals surface area contributed by atoms with Crippen molar-refractivity contribution in [3.63, 3.8) is 0 Å². The first kappa shape index (κ1) is 11.8. The van der Waals surface area contributed by atoms with Crippen LogP contribution >= 0.6 is 11.6 Å². The third-order valence-corrected chi connectivity index (χ3v) is 2.38. The average molecular weight is 231 g/mol. The highest BCUT2D eigenvalue weighted by atomic mass is 35.5. The summed E-state index contributed by atoms with van der Waals surface area (Å²) in [6.07, 6.45) is -1.26. The molecule has 0 aliphatic carbocycles. The van der Waals surface area contributed by atoms with E-state index in [-0.39, 0.29) is 17.2 Å². The number of phenols is 1. The number of hydrogen-bond acceptors (Lipinski definition) is 4. The lowest BCUT2D eigenvalue weighted by Gasteiger charge is -2.10. The van der Waals surface area contributed by atoms with E-state index in [1.54, 1.807) is 12.1 Å². The average Bonchev–Trinajstić information content (AvgIpc) is 2.23. The van der Waals surface area contributed by atoms with Crippen molar-refractivity contribution < 1.29 is 19.7 Å². The second kappa shape index (κ2) is 5.00. The molecule has 82 valence electrons. The van der Waals surface area contributed by atoms with Crippen LogP contribution in [0, 0.1) is 0 Å². The fraction of sp³-hybridized carbons (Fsp3) is 0.300. The summed E-state index contributed by atoms with van der Waals surface area (Å²) >= 11 is 5.77. The Hall–Kier alpha value is -1.26. The smallest absolute Gasteiger partial charge is 0.335 e. The number of rotatable bonds is 3. The number of aromatic hydroxyl groups is 1. The maximum absolute atomic E-state index is 10.9. The number of aliphatic hydroxyl groups is 1. The zero-order chi connectivity index (χ0) is 11.4. The molecule has 0 radical (unpaired) electrons. The van der Waals surface area contributed by atoms with E-state index < -0.39 is 12.1 Å². The molecule has 5 heteroatoms. The molecule has 0 saturated carbocycles. The van der Waals surface area contributed by atoms with Gasteiger partial charge in [0.25, 0.3) is 0 Å². The molecule has 0 saturated heterocycles. The van der Waals surface area contributed by atoms with Crippen molar-refractivity contribution in [3.05, 3.63) is 28.8 Å². The topological polar surface area (TPSA) is 66.8 Å². The summed E-state index contributed by atoms with van der Waals surface area (Å²) in [6, 6.07) is 4.63. The molecule has 2 N–H and O–H groups in total. The van der Waals surface area contributed by atoms with Gasteiger partial charge in [-0.05, 0) is 11.6 Å². The predicted octanol–water partition coefficient (Wildman–Crippen LogP) is 1.12. The predicted molar refractivity (Wildman–Crippen MR) is 54.8 cm³/mol. The van der Waals surface area contributed by atoms with Crippen molar-refractivity contribution in [3.8, 4) is 5.75 Å². The van der Waals surface area contributed by atoms with Crippen LogP contribution in [-0.2, 0) is 16.0 Å². The molecule has 1 atom stereocenters. The monoisotopic (exact) mass is 230 g/mol. The molecule has 0 aliphatic rings. The minimum absolute atomic E-state index is 0.0138. The Morgan fingerprint density at radius 2 is 2.27 bits per heavy atom. The first-order valence-corrected chi connectivity index (χ1v) is 4.66. The third kappa shape index (κ3) is 2.84. The van der Waals surface area contributed by atoms with Gasteiger partial charge in [-0.15, -0.1) is 0 Å². The van der Waals surface area contributed by atoms with E-state index in [9.17, 15) is 15.0 Å². The number of carbonyl (C=O) groups is 1. The Bertz CT molecular complexity index is 364. The van der Waals surface area contributed by atoms with E-state index in [0.717, 1.165) is 0 Å². The summed E-state index contributed by atoms with van der Waals surface area (Å²) in [6.45, 7) is 0. The van der Waals surface area contributed by atoms with Crippen LogP contribution in [-0.4, -0.2) is 29.4 Å². The normalized spacial score (nSPS) is 12.2. The van der Waals surface area contributed by atoms with E-state index in [1.165, 1.54) is 13.2 Å². The van der Waals surface area contributed by atoms with Crippen LogP contribution in [0.1, 0.15) is 5.56 Å². The Labute approximate surface area is 92.1 Å². The molecular weight excluding hydrogens is 220 g/mol. The lowest BCUT2D eigenvalue weighted by atomic mass is 10.1. The molecule has 0 fully saturated rings. The molecule has 1 aromatic rings. The number of hydrogen-bond donors (Lipinski definition) is 2. The van der Waals surface area contributed by atoms with Crippen molar-refractivity contribution in [1.29, 1.82) is 0 Å². The molecule has 0 amide bonds. The van der Waals surface area contributed by atoms with Crippen LogP contribution in [0.4, 0.5) is 0 Å². The number of ether oxygens (including phenoxy) is 1. The number of carbonyl (C=O) groups excluding carboxylic acids is 1. The molecule has 0 bridgehead atoms. The van der Waals surface area contributed by atoms with Gasteiger partial charge in [0.2, 0.25) is 0 Å².